The molecule has 0 bridgehead atoms. The number of rotatable bonds is 10. The third kappa shape index (κ3) is 9.23. The molecule has 0 aliphatic heterocycles. The predicted molar refractivity (Wildman–Crippen MR) is 120 cm³/mol. The third-order valence-corrected chi connectivity index (χ3v) is 3.74. The minimum Gasteiger partial charge on any atom is -0.380 e. The molecule has 2 aromatic rings. The normalized spacial score (nSPS) is 11.3. The van der Waals surface area contributed by atoms with Crippen molar-refractivity contribution in [3.05, 3.63) is 42.1 Å². The highest BCUT2D eigenvalue weighted by atomic mass is 127. The summed E-state index contributed by atoms with van der Waals surface area (Å²) >= 11 is 0. The van der Waals surface area contributed by atoms with E-state index in [1.165, 1.54) is 0 Å². The quantitative estimate of drug-likeness (QED) is 0.229. The zero-order chi connectivity index (χ0) is 18.6. The van der Waals surface area contributed by atoms with Gasteiger partial charge in [0, 0.05) is 31.3 Å². The maximum absolute atomic E-state index is 5.62. The van der Waals surface area contributed by atoms with Gasteiger partial charge in [0.05, 0.1) is 13.2 Å². The van der Waals surface area contributed by atoms with E-state index in [4.69, 9.17) is 9.26 Å². The molecule has 27 heavy (non-hydrogen) atoms. The number of benzene rings is 1. The summed E-state index contributed by atoms with van der Waals surface area (Å²) in [5.41, 5.74) is 1.81. The van der Waals surface area contributed by atoms with E-state index in [1.54, 1.807) is 0 Å². The third-order valence-electron chi connectivity index (χ3n) is 3.74. The Morgan fingerprint density at radius 2 is 1.96 bits per heavy atom. The van der Waals surface area contributed by atoms with Crippen LogP contribution in [0.25, 0.3) is 11.3 Å². The van der Waals surface area contributed by atoms with Crippen LogP contribution in [0.15, 0.2) is 45.9 Å². The maximum Gasteiger partial charge on any atom is 0.191 e. The lowest BCUT2D eigenvalue weighted by Gasteiger charge is -2.11. The van der Waals surface area contributed by atoms with Crippen molar-refractivity contribution >= 4 is 29.9 Å². The van der Waals surface area contributed by atoms with Crippen molar-refractivity contribution in [1.29, 1.82) is 0 Å². The summed E-state index contributed by atoms with van der Waals surface area (Å²) in [5, 5.41) is 10.6. The second-order valence-corrected chi connectivity index (χ2v) is 6.47. The molecule has 0 saturated heterocycles. The van der Waals surface area contributed by atoms with E-state index >= 15 is 0 Å². The van der Waals surface area contributed by atoms with Crippen molar-refractivity contribution < 1.29 is 9.26 Å². The van der Waals surface area contributed by atoms with E-state index in [0.717, 1.165) is 49.1 Å². The highest BCUT2D eigenvalue weighted by molar-refractivity contribution is 14.0. The van der Waals surface area contributed by atoms with E-state index in [1.807, 2.05) is 43.3 Å². The van der Waals surface area contributed by atoms with Crippen LogP contribution in [0.2, 0.25) is 0 Å². The lowest BCUT2D eigenvalue weighted by atomic mass is 10.1. The smallest absolute Gasteiger partial charge is 0.191 e. The van der Waals surface area contributed by atoms with Crippen LogP contribution in [0, 0.1) is 5.92 Å². The van der Waals surface area contributed by atoms with Crippen LogP contribution in [0.4, 0.5) is 0 Å². The van der Waals surface area contributed by atoms with Crippen molar-refractivity contribution in [1.82, 2.24) is 15.8 Å². The number of ether oxygens (including phenoxy) is 1. The molecule has 0 amide bonds. The molecule has 7 heteroatoms. The molecule has 1 heterocycles. The van der Waals surface area contributed by atoms with Crippen LogP contribution in [0.3, 0.4) is 0 Å². The average molecular weight is 486 g/mol. The van der Waals surface area contributed by atoms with Gasteiger partial charge in [-0.1, -0.05) is 49.3 Å². The fourth-order valence-electron chi connectivity index (χ4n) is 2.29. The van der Waals surface area contributed by atoms with Crippen molar-refractivity contribution in [3.63, 3.8) is 0 Å². The molecule has 0 radical (unpaired) electrons. The van der Waals surface area contributed by atoms with Crippen LogP contribution < -0.4 is 10.6 Å². The molecule has 0 aliphatic carbocycles. The van der Waals surface area contributed by atoms with Crippen molar-refractivity contribution in [2.75, 3.05) is 26.3 Å². The number of hydrogen-bond donors (Lipinski definition) is 2. The van der Waals surface area contributed by atoms with Crippen LogP contribution in [0.1, 0.15) is 32.9 Å². The molecular formula is C20H31IN4O2. The maximum atomic E-state index is 5.62. The molecule has 0 aliphatic rings. The fourth-order valence-corrected chi connectivity index (χ4v) is 2.29. The van der Waals surface area contributed by atoms with Gasteiger partial charge in [-0.2, -0.15) is 0 Å². The van der Waals surface area contributed by atoms with Gasteiger partial charge in [-0.15, -0.1) is 24.0 Å². The molecule has 0 fully saturated rings. The summed E-state index contributed by atoms with van der Waals surface area (Å²) in [7, 11) is 0. The van der Waals surface area contributed by atoms with Crippen LogP contribution in [-0.2, 0) is 11.3 Å². The highest BCUT2D eigenvalue weighted by Crippen LogP contribution is 2.19. The molecule has 0 atom stereocenters. The summed E-state index contributed by atoms with van der Waals surface area (Å²) in [4.78, 5) is 4.55. The summed E-state index contributed by atoms with van der Waals surface area (Å²) in [6.07, 6.45) is 1.09. The molecule has 2 N–H and O–H groups in total. The molecule has 0 saturated carbocycles. The van der Waals surface area contributed by atoms with Crippen LogP contribution in [0.5, 0.6) is 0 Å². The first kappa shape index (κ1) is 23.4. The Morgan fingerprint density at radius 1 is 1.19 bits per heavy atom. The monoisotopic (exact) mass is 486 g/mol. The molecular weight excluding hydrogens is 455 g/mol. The minimum absolute atomic E-state index is 0. The van der Waals surface area contributed by atoms with Gasteiger partial charge in [0.2, 0.25) is 0 Å². The predicted octanol–water partition coefficient (Wildman–Crippen LogP) is 4.08. The van der Waals surface area contributed by atoms with Gasteiger partial charge in [-0.05, 0) is 19.3 Å². The Balaban J connectivity index is 0.00000364. The molecule has 0 spiro atoms. The minimum atomic E-state index is 0. The van der Waals surface area contributed by atoms with Crippen molar-refractivity contribution in [2.45, 2.75) is 33.7 Å². The number of aliphatic imine (C=N–C) groups is 1. The molecule has 6 nitrogen and oxygen atoms in total. The molecule has 1 aromatic carbocycles. The topological polar surface area (TPSA) is 71.7 Å². The van der Waals surface area contributed by atoms with E-state index in [0.29, 0.717) is 19.1 Å². The molecule has 0 unspecified atom stereocenters. The summed E-state index contributed by atoms with van der Waals surface area (Å²) in [6.45, 7) is 9.88. The number of guanidine groups is 1. The second kappa shape index (κ2) is 13.5. The Bertz CT molecular complexity index is 659. The Labute approximate surface area is 179 Å². The van der Waals surface area contributed by atoms with Gasteiger partial charge in [-0.3, -0.25) is 0 Å². The molecule has 2 rings (SSSR count). The first-order valence-electron chi connectivity index (χ1n) is 9.30. The van der Waals surface area contributed by atoms with E-state index < -0.39 is 0 Å². The van der Waals surface area contributed by atoms with Gasteiger partial charge in [0.25, 0.3) is 0 Å². The van der Waals surface area contributed by atoms with Crippen molar-refractivity contribution in [3.8, 4) is 11.3 Å². The fraction of sp³-hybridized carbons (Fsp3) is 0.500. The average Bonchev–Trinajstić information content (AvgIpc) is 3.12. The Morgan fingerprint density at radius 3 is 2.67 bits per heavy atom. The highest BCUT2D eigenvalue weighted by Gasteiger charge is 2.06. The lowest BCUT2D eigenvalue weighted by Crippen LogP contribution is -2.39. The van der Waals surface area contributed by atoms with Gasteiger partial charge in [0.1, 0.15) is 5.69 Å². The van der Waals surface area contributed by atoms with Crippen LogP contribution >= 0.6 is 24.0 Å². The molecule has 150 valence electrons. The van der Waals surface area contributed by atoms with Gasteiger partial charge < -0.3 is 19.9 Å². The SMILES string of the molecule is CCNC(=NCc1cc(-c2ccccc2)on1)NCCOCCC(C)C.I. The summed E-state index contributed by atoms with van der Waals surface area (Å²) in [5.74, 6) is 2.18. The van der Waals surface area contributed by atoms with E-state index in [9.17, 15) is 0 Å². The number of aromatic nitrogens is 1. The number of nitrogens with zero attached hydrogens (tertiary/aromatic N) is 2. The van der Waals surface area contributed by atoms with E-state index in [-0.39, 0.29) is 24.0 Å². The summed E-state index contributed by atoms with van der Waals surface area (Å²) < 4.78 is 11.0. The zero-order valence-electron chi connectivity index (χ0n) is 16.4. The van der Waals surface area contributed by atoms with E-state index in [2.05, 4.69) is 34.6 Å². The second-order valence-electron chi connectivity index (χ2n) is 6.47. The number of hydrogen-bond acceptors (Lipinski definition) is 4. The Kier molecular flexibility index (Phi) is 11.8. The first-order chi connectivity index (χ1) is 12.7. The van der Waals surface area contributed by atoms with Gasteiger partial charge in [0.15, 0.2) is 11.7 Å². The Hall–Kier alpha value is -1.61. The van der Waals surface area contributed by atoms with Crippen molar-refractivity contribution in [2.24, 2.45) is 10.9 Å². The standard InChI is InChI=1S/C20H30N4O2.HI/c1-4-21-20(22-11-13-25-12-10-16(2)3)23-15-18-14-19(26-24-18)17-8-6-5-7-9-17;/h5-9,14,16H,4,10-13,15H2,1-3H3,(H2,21,22,23);1H. The zero-order valence-corrected chi connectivity index (χ0v) is 18.7. The first-order valence-corrected chi connectivity index (χ1v) is 9.30. The van der Waals surface area contributed by atoms with Crippen LogP contribution in [-0.4, -0.2) is 37.4 Å². The van der Waals surface area contributed by atoms with Gasteiger partial charge in [-0.25, -0.2) is 4.99 Å². The summed E-state index contributed by atoms with van der Waals surface area (Å²) in [6, 6.07) is 11.9. The lowest BCUT2D eigenvalue weighted by molar-refractivity contribution is 0.128. The molecule has 1 aromatic heterocycles. The number of nitrogens with one attached hydrogen (secondary N) is 2. The largest absolute Gasteiger partial charge is 0.380 e. The number of halogens is 1. The van der Waals surface area contributed by atoms with Gasteiger partial charge >= 0.3 is 0 Å².